The largest absolute Gasteiger partial charge is 0.495 e. The van der Waals surface area contributed by atoms with Crippen LogP contribution in [0.2, 0.25) is 0 Å². The summed E-state index contributed by atoms with van der Waals surface area (Å²) < 4.78 is 69.5. The van der Waals surface area contributed by atoms with E-state index in [1.807, 2.05) is 6.92 Å². The number of hydrogen-bond acceptors (Lipinski definition) is 7. The van der Waals surface area contributed by atoms with E-state index >= 15 is 0 Å². The SMILES string of the molecule is COc1cc(S(C)(=O)=O)ccc1NCC#Cc1cc(C(=O)N[C@H]2CCNC[C@@H]2C)c2ncn(CC(F)(F)F)c2c1. The van der Waals surface area contributed by atoms with Gasteiger partial charge in [0.2, 0.25) is 0 Å². The van der Waals surface area contributed by atoms with Gasteiger partial charge in [-0.3, -0.25) is 4.79 Å². The summed E-state index contributed by atoms with van der Waals surface area (Å²) in [6, 6.07) is 7.33. The standard InChI is InChI=1S/C27H30F3N5O4S/c1-17-14-31-10-8-21(17)34-26(36)20-11-18(12-23-25(20)33-16-35(23)15-27(28,29)30)5-4-9-32-22-7-6-19(40(3,37)38)13-24(22)39-2/h6-7,11-13,16-17,21,31-32H,8-10,14-15H2,1-3H3,(H,34,36)/t17-,21-/m0/s1. The number of carbonyl (C=O) groups is 1. The molecule has 2 heterocycles. The Hall–Kier alpha value is -3.76. The molecule has 1 aromatic heterocycles. The van der Waals surface area contributed by atoms with Crippen molar-refractivity contribution in [2.24, 2.45) is 5.92 Å². The number of aromatic nitrogens is 2. The fraction of sp³-hybridized carbons (Fsp3) is 0.407. The number of halogens is 3. The van der Waals surface area contributed by atoms with Gasteiger partial charge in [0.1, 0.15) is 17.8 Å². The molecule has 3 N–H and O–H groups in total. The minimum absolute atomic E-state index is 0.0796. The number of amides is 1. The first-order valence-electron chi connectivity index (χ1n) is 12.5. The maximum atomic E-state index is 13.3. The fourth-order valence-corrected chi connectivity index (χ4v) is 5.17. The Labute approximate surface area is 230 Å². The number of alkyl halides is 3. The summed E-state index contributed by atoms with van der Waals surface area (Å²) in [4.78, 5) is 17.5. The van der Waals surface area contributed by atoms with E-state index in [1.54, 1.807) is 6.07 Å². The molecule has 2 aromatic carbocycles. The van der Waals surface area contributed by atoms with Crippen molar-refractivity contribution in [1.82, 2.24) is 20.2 Å². The molecule has 0 spiro atoms. The number of imidazole rings is 1. The van der Waals surface area contributed by atoms with Crippen LogP contribution in [-0.4, -0.2) is 69.1 Å². The number of carbonyl (C=O) groups excluding carboxylic acids is 1. The van der Waals surface area contributed by atoms with Crippen LogP contribution in [0.5, 0.6) is 5.75 Å². The lowest BCUT2D eigenvalue weighted by molar-refractivity contribution is -0.139. The molecule has 1 amide bonds. The van der Waals surface area contributed by atoms with Crippen LogP contribution < -0.4 is 20.7 Å². The van der Waals surface area contributed by atoms with Crippen LogP contribution >= 0.6 is 0 Å². The number of piperidine rings is 1. The van der Waals surface area contributed by atoms with Crippen LogP contribution in [0.4, 0.5) is 18.9 Å². The molecule has 1 aliphatic rings. The third kappa shape index (κ3) is 7.05. The lowest BCUT2D eigenvalue weighted by atomic mass is 9.95. The van der Waals surface area contributed by atoms with Crippen LogP contribution in [0, 0.1) is 17.8 Å². The van der Waals surface area contributed by atoms with Crippen LogP contribution in [0.25, 0.3) is 11.0 Å². The number of rotatable bonds is 7. The molecule has 1 aliphatic heterocycles. The van der Waals surface area contributed by atoms with E-state index in [4.69, 9.17) is 4.74 Å². The second-order valence-electron chi connectivity index (χ2n) is 9.72. The zero-order valence-corrected chi connectivity index (χ0v) is 23.0. The lowest BCUT2D eigenvalue weighted by Crippen LogP contribution is -2.48. The predicted molar refractivity (Wildman–Crippen MR) is 145 cm³/mol. The Balaban J connectivity index is 1.61. The molecule has 214 valence electrons. The first kappa shape index (κ1) is 29.2. The Bertz CT molecular complexity index is 1570. The molecular formula is C27H30F3N5O4S. The topological polar surface area (TPSA) is 114 Å². The number of hydrogen-bond donors (Lipinski definition) is 3. The normalized spacial score (nSPS) is 17.6. The van der Waals surface area contributed by atoms with Gasteiger partial charge in [0.25, 0.3) is 5.91 Å². The average molecular weight is 578 g/mol. The molecule has 40 heavy (non-hydrogen) atoms. The molecule has 2 atom stereocenters. The Kier molecular flexibility index (Phi) is 8.60. The number of anilines is 1. The molecule has 0 bridgehead atoms. The Morgan fingerprint density at radius 3 is 2.73 bits per heavy atom. The summed E-state index contributed by atoms with van der Waals surface area (Å²) in [5.41, 5.74) is 1.33. The molecule has 0 unspecified atom stereocenters. The number of ether oxygens (including phenoxy) is 1. The van der Waals surface area contributed by atoms with E-state index in [0.29, 0.717) is 17.0 Å². The minimum Gasteiger partial charge on any atom is -0.495 e. The quantitative estimate of drug-likeness (QED) is 0.370. The van der Waals surface area contributed by atoms with Gasteiger partial charge in [0.15, 0.2) is 9.84 Å². The first-order chi connectivity index (χ1) is 18.9. The molecule has 0 saturated carbocycles. The number of nitrogens with one attached hydrogen (secondary N) is 3. The van der Waals surface area contributed by atoms with E-state index in [1.165, 1.54) is 31.4 Å². The minimum atomic E-state index is -4.47. The first-order valence-corrected chi connectivity index (χ1v) is 14.4. The van der Waals surface area contributed by atoms with Crippen molar-refractivity contribution in [3.63, 3.8) is 0 Å². The molecule has 3 aromatic rings. The second-order valence-corrected chi connectivity index (χ2v) is 11.7. The van der Waals surface area contributed by atoms with E-state index in [-0.39, 0.29) is 40.0 Å². The van der Waals surface area contributed by atoms with Gasteiger partial charge in [-0.05, 0) is 49.7 Å². The highest BCUT2D eigenvalue weighted by Crippen LogP contribution is 2.28. The number of methoxy groups -OCH3 is 1. The van der Waals surface area contributed by atoms with E-state index in [2.05, 4.69) is 32.8 Å². The van der Waals surface area contributed by atoms with Crippen molar-refractivity contribution < 1.29 is 31.1 Å². The molecule has 13 heteroatoms. The number of benzene rings is 2. The summed E-state index contributed by atoms with van der Waals surface area (Å²) in [6.07, 6.45) is -1.57. The van der Waals surface area contributed by atoms with Crippen LogP contribution in [-0.2, 0) is 16.4 Å². The summed E-state index contributed by atoms with van der Waals surface area (Å²) in [6.45, 7) is 2.38. The zero-order chi connectivity index (χ0) is 29.1. The van der Waals surface area contributed by atoms with Gasteiger partial charge in [-0.15, -0.1) is 0 Å². The van der Waals surface area contributed by atoms with Gasteiger partial charge in [-0.25, -0.2) is 13.4 Å². The predicted octanol–water partition coefficient (Wildman–Crippen LogP) is 3.20. The maximum Gasteiger partial charge on any atom is 0.406 e. The number of sulfone groups is 1. The Morgan fingerprint density at radius 1 is 1.27 bits per heavy atom. The third-order valence-electron chi connectivity index (χ3n) is 6.62. The highest BCUT2D eigenvalue weighted by atomic mass is 32.2. The van der Waals surface area contributed by atoms with Gasteiger partial charge in [-0.1, -0.05) is 18.8 Å². The van der Waals surface area contributed by atoms with Crippen molar-refractivity contribution in [2.75, 3.05) is 38.3 Å². The average Bonchev–Trinajstić information content (AvgIpc) is 3.27. The summed E-state index contributed by atoms with van der Waals surface area (Å²) >= 11 is 0. The smallest absolute Gasteiger partial charge is 0.406 e. The van der Waals surface area contributed by atoms with Gasteiger partial charge < -0.3 is 25.3 Å². The van der Waals surface area contributed by atoms with Crippen molar-refractivity contribution in [3.05, 3.63) is 47.8 Å². The summed E-state index contributed by atoms with van der Waals surface area (Å²) in [7, 11) is -2.00. The van der Waals surface area contributed by atoms with Crippen molar-refractivity contribution in [3.8, 4) is 17.6 Å². The van der Waals surface area contributed by atoms with Crippen molar-refractivity contribution in [2.45, 2.75) is 37.0 Å². The van der Waals surface area contributed by atoms with Crippen LogP contribution in [0.15, 0.2) is 41.6 Å². The van der Waals surface area contributed by atoms with Gasteiger partial charge in [-0.2, -0.15) is 13.2 Å². The van der Waals surface area contributed by atoms with Crippen LogP contribution in [0.3, 0.4) is 0 Å². The summed E-state index contributed by atoms with van der Waals surface area (Å²) in [5.74, 6) is 5.89. The zero-order valence-electron chi connectivity index (χ0n) is 22.2. The van der Waals surface area contributed by atoms with Crippen molar-refractivity contribution >= 4 is 32.5 Å². The lowest BCUT2D eigenvalue weighted by Gasteiger charge is -2.30. The summed E-state index contributed by atoms with van der Waals surface area (Å²) in [5, 5.41) is 9.32. The maximum absolute atomic E-state index is 13.3. The molecule has 0 aliphatic carbocycles. The molecule has 0 radical (unpaired) electrons. The van der Waals surface area contributed by atoms with Gasteiger partial charge >= 0.3 is 6.18 Å². The third-order valence-corrected chi connectivity index (χ3v) is 7.73. The molecule has 1 fully saturated rings. The molecular weight excluding hydrogens is 547 g/mol. The number of nitrogens with zero attached hydrogens (tertiary/aromatic N) is 2. The Morgan fingerprint density at radius 2 is 2.05 bits per heavy atom. The van der Waals surface area contributed by atoms with E-state index in [0.717, 1.165) is 36.7 Å². The monoisotopic (exact) mass is 577 g/mol. The van der Waals surface area contributed by atoms with E-state index < -0.39 is 28.5 Å². The molecule has 1 saturated heterocycles. The second kappa shape index (κ2) is 11.8. The highest BCUT2D eigenvalue weighted by Gasteiger charge is 2.30. The fourth-order valence-electron chi connectivity index (χ4n) is 4.54. The van der Waals surface area contributed by atoms with Gasteiger partial charge in [0.05, 0.1) is 41.6 Å². The van der Waals surface area contributed by atoms with Crippen LogP contribution in [0.1, 0.15) is 29.3 Å². The van der Waals surface area contributed by atoms with E-state index in [9.17, 15) is 26.4 Å². The van der Waals surface area contributed by atoms with Crippen molar-refractivity contribution in [1.29, 1.82) is 0 Å². The highest BCUT2D eigenvalue weighted by molar-refractivity contribution is 7.90. The molecule has 9 nitrogen and oxygen atoms in total. The number of fused-ring (bicyclic) bond motifs is 1. The van der Waals surface area contributed by atoms with Gasteiger partial charge in [0, 0.05) is 23.9 Å². The molecule has 4 rings (SSSR count).